The molecule has 1 aromatic heterocycles. The lowest BCUT2D eigenvalue weighted by Gasteiger charge is -2.12. The Morgan fingerprint density at radius 1 is 0.806 bits per heavy atom. The highest BCUT2D eigenvalue weighted by Gasteiger charge is 2.30. The van der Waals surface area contributed by atoms with Crippen LogP contribution < -0.4 is 20.9 Å². The van der Waals surface area contributed by atoms with E-state index >= 15 is 0 Å². The first-order valence-corrected chi connectivity index (χ1v) is 11.4. The summed E-state index contributed by atoms with van der Waals surface area (Å²) < 4.78 is 54.9. The molecule has 0 saturated carbocycles. The second kappa shape index (κ2) is 8.08. The Labute approximate surface area is 177 Å². The van der Waals surface area contributed by atoms with E-state index in [1.54, 1.807) is 6.07 Å². The predicted molar refractivity (Wildman–Crippen MR) is 114 cm³/mol. The number of anilines is 4. The molecule has 0 aliphatic heterocycles. The van der Waals surface area contributed by atoms with Crippen molar-refractivity contribution in [2.24, 2.45) is 0 Å². The van der Waals surface area contributed by atoms with Crippen molar-refractivity contribution < 1.29 is 21.8 Å². The Kier molecular flexibility index (Phi) is 5.68. The highest BCUT2D eigenvalue weighted by Crippen LogP contribution is 2.28. The number of nitrogens with zero attached hydrogens (tertiary/aromatic N) is 2. The van der Waals surface area contributed by atoms with E-state index in [-0.39, 0.29) is 22.0 Å². The standard InChI is InChI=1S/C17H16N6O6S2/c18-11-5-1-3-7-13(11)21-31(28,29)17-14(23(24)25)9-10-16(20-17)22-30(26,27)15-8-4-2-6-12(15)19/h1-10,21H,18-19H2,(H,20,22). The van der Waals surface area contributed by atoms with Gasteiger partial charge in [-0.2, -0.15) is 8.42 Å². The van der Waals surface area contributed by atoms with Crippen LogP contribution in [0.5, 0.6) is 0 Å². The van der Waals surface area contributed by atoms with Gasteiger partial charge in [-0.3, -0.25) is 19.6 Å². The molecular formula is C17H16N6O6S2. The molecule has 1 heterocycles. The first-order chi connectivity index (χ1) is 14.5. The van der Waals surface area contributed by atoms with Crippen LogP contribution in [0.25, 0.3) is 0 Å². The fraction of sp³-hybridized carbons (Fsp3) is 0. The highest BCUT2D eigenvalue weighted by atomic mass is 32.2. The number of nitrogens with one attached hydrogen (secondary N) is 2. The molecule has 0 unspecified atom stereocenters. The van der Waals surface area contributed by atoms with Crippen molar-refractivity contribution in [1.82, 2.24) is 4.98 Å². The average Bonchev–Trinajstić information content (AvgIpc) is 2.69. The van der Waals surface area contributed by atoms with Gasteiger partial charge in [-0.1, -0.05) is 24.3 Å². The maximum atomic E-state index is 12.8. The summed E-state index contributed by atoms with van der Waals surface area (Å²) in [6, 6.07) is 13.2. The van der Waals surface area contributed by atoms with Crippen LogP contribution in [-0.4, -0.2) is 26.7 Å². The molecule has 14 heteroatoms. The molecule has 12 nitrogen and oxygen atoms in total. The molecule has 0 bridgehead atoms. The average molecular weight is 464 g/mol. The zero-order chi connectivity index (χ0) is 22.8. The minimum absolute atomic E-state index is 0.0263. The molecule has 0 fully saturated rings. The maximum absolute atomic E-state index is 12.8. The number of nitrogen functional groups attached to an aromatic ring is 2. The first-order valence-electron chi connectivity index (χ1n) is 8.41. The van der Waals surface area contributed by atoms with Crippen molar-refractivity contribution in [3.63, 3.8) is 0 Å². The molecule has 2 aromatic carbocycles. The van der Waals surface area contributed by atoms with E-state index in [1.807, 2.05) is 0 Å². The third-order valence-corrected chi connectivity index (χ3v) is 6.67. The van der Waals surface area contributed by atoms with Crippen molar-refractivity contribution in [2.75, 3.05) is 20.9 Å². The summed E-state index contributed by atoms with van der Waals surface area (Å²) in [5, 5.41) is 10.3. The van der Waals surface area contributed by atoms with Gasteiger partial charge in [0.1, 0.15) is 10.7 Å². The van der Waals surface area contributed by atoms with Crippen LogP contribution in [0, 0.1) is 10.1 Å². The molecule has 162 valence electrons. The van der Waals surface area contributed by atoms with Gasteiger partial charge in [-0.05, 0) is 30.3 Å². The lowest BCUT2D eigenvalue weighted by atomic mass is 10.3. The largest absolute Gasteiger partial charge is 0.398 e. The molecule has 0 amide bonds. The molecule has 0 aliphatic rings. The Balaban J connectivity index is 2.05. The number of hydrogen-bond donors (Lipinski definition) is 4. The van der Waals surface area contributed by atoms with Gasteiger partial charge in [0.25, 0.3) is 25.1 Å². The van der Waals surface area contributed by atoms with E-state index in [2.05, 4.69) is 14.4 Å². The van der Waals surface area contributed by atoms with Crippen LogP contribution in [0.2, 0.25) is 0 Å². The van der Waals surface area contributed by atoms with Crippen molar-refractivity contribution in [3.8, 4) is 0 Å². The number of sulfonamides is 2. The Morgan fingerprint density at radius 3 is 2.03 bits per heavy atom. The van der Waals surface area contributed by atoms with E-state index in [9.17, 15) is 26.9 Å². The predicted octanol–water partition coefficient (Wildman–Crippen LogP) is 1.76. The van der Waals surface area contributed by atoms with Crippen molar-refractivity contribution >= 4 is 48.6 Å². The minimum Gasteiger partial charge on any atom is -0.398 e. The van der Waals surface area contributed by atoms with Crippen molar-refractivity contribution in [1.29, 1.82) is 0 Å². The first kappa shape index (κ1) is 21.8. The summed E-state index contributed by atoms with van der Waals surface area (Å²) >= 11 is 0. The SMILES string of the molecule is Nc1ccccc1NS(=O)(=O)c1nc(NS(=O)(=O)c2ccccc2N)ccc1[N+](=O)[O-]. The zero-order valence-corrected chi connectivity index (χ0v) is 17.2. The Morgan fingerprint density at radius 2 is 1.42 bits per heavy atom. The highest BCUT2D eigenvalue weighted by molar-refractivity contribution is 7.93. The third-order valence-electron chi connectivity index (χ3n) is 3.94. The van der Waals surface area contributed by atoms with E-state index < -0.39 is 41.5 Å². The molecule has 6 N–H and O–H groups in total. The van der Waals surface area contributed by atoms with Crippen LogP contribution in [0.4, 0.5) is 28.6 Å². The number of nitrogens with two attached hydrogens (primary N) is 2. The van der Waals surface area contributed by atoms with Gasteiger partial charge < -0.3 is 11.5 Å². The number of para-hydroxylation sites is 3. The Bertz CT molecular complexity index is 1380. The fourth-order valence-corrected chi connectivity index (χ4v) is 4.87. The van der Waals surface area contributed by atoms with Crippen molar-refractivity contribution in [3.05, 3.63) is 70.8 Å². The zero-order valence-electron chi connectivity index (χ0n) is 15.6. The number of pyridine rings is 1. The summed E-state index contributed by atoms with van der Waals surface area (Å²) in [6.07, 6.45) is 0. The van der Waals surface area contributed by atoms with Crippen LogP contribution in [0.3, 0.4) is 0 Å². The topological polar surface area (TPSA) is 200 Å². The monoisotopic (exact) mass is 464 g/mol. The van der Waals surface area contributed by atoms with Crippen LogP contribution >= 0.6 is 0 Å². The van der Waals surface area contributed by atoms with Gasteiger partial charge in [-0.15, -0.1) is 0 Å². The maximum Gasteiger partial charge on any atom is 0.308 e. The number of benzene rings is 2. The van der Waals surface area contributed by atoms with Gasteiger partial charge in [0.15, 0.2) is 0 Å². The molecule has 3 rings (SSSR count). The third kappa shape index (κ3) is 4.65. The van der Waals surface area contributed by atoms with E-state index in [0.717, 1.165) is 12.1 Å². The number of hydrogen-bond acceptors (Lipinski definition) is 9. The summed E-state index contributed by atoms with van der Waals surface area (Å²) in [6.45, 7) is 0. The van der Waals surface area contributed by atoms with E-state index in [1.165, 1.54) is 42.5 Å². The molecule has 31 heavy (non-hydrogen) atoms. The molecule has 0 spiro atoms. The summed E-state index contributed by atoms with van der Waals surface area (Å²) in [5.74, 6) is -0.463. The van der Waals surface area contributed by atoms with Gasteiger partial charge in [0, 0.05) is 6.07 Å². The van der Waals surface area contributed by atoms with Gasteiger partial charge in [0.05, 0.1) is 22.0 Å². The quantitative estimate of drug-likeness (QED) is 0.228. The smallest absolute Gasteiger partial charge is 0.308 e. The second-order valence-electron chi connectivity index (χ2n) is 6.11. The molecule has 0 saturated heterocycles. The van der Waals surface area contributed by atoms with Crippen LogP contribution in [0.1, 0.15) is 0 Å². The van der Waals surface area contributed by atoms with Gasteiger partial charge in [-0.25, -0.2) is 13.4 Å². The molecule has 0 atom stereocenters. The van der Waals surface area contributed by atoms with Gasteiger partial charge in [0.2, 0.25) is 0 Å². The van der Waals surface area contributed by atoms with E-state index in [4.69, 9.17) is 11.5 Å². The van der Waals surface area contributed by atoms with Crippen molar-refractivity contribution in [2.45, 2.75) is 9.92 Å². The molecule has 3 aromatic rings. The number of nitro groups is 1. The normalized spacial score (nSPS) is 11.6. The summed E-state index contributed by atoms with van der Waals surface area (Å²) in [7, 11) is -8.85. The fourth-order valence-electron chi connectivity index (χ4n) is 2.53. The summed E-state index contributed by atoms with van der Waals surface area (Å²) in [4.78, 5) is 13.8. The van der Waals surface area contributed by atoms with Crippen LogP contribution in [0.15, 0.2) is 70.6 Å². The lowest BCUT2D eigenvalue weighted by Crippen LogP contribution is -2.20. The molecule has 0 radical (unpaired) electrons. The number of aromatic nitrogens is 1. The second-order valence-corrected chi connectivity index (χ2v) is 9.36. The minimum atomic E-state index is -4.60. The summed E-state index contributed by atoms with van der Waals surface area (Å²) in [5.41, 5.74) is 10.5. The molecule has 0 aliphatic carbocycles. The van der Waals surface area contributed by atoms with Gasteiger partial charge >= 0.3 is 5.69 Å². The number of rotatable bonds is 7. The van der Waals surface area contributed by atoms with Crippen LogP contribution in [-0.2, 0) is 20.0 Å². The molecular weight excluding hydrogens is 448 g/mol. The lowest BCUT2D eigenvalue weighted by molar-refractivity contribution is -0.388. The van der Waals surface area contributed by atoms with E-state index in [0.29, 0.717) is 0 Å². The Hall–Kier alpha value is -3.91.